The highest BCUT2D eigenvalue weighted by atomic mass is 16.5. The van der Waals surface area contributed by atoms with Gasteiger partial charge in [0.25, 0.3) is 0 Å². The van der Waals surface area contributed by atoms with Gasteiger partial charge in [0.05, 0.1) is 0 Å². The van der Waals surface area contributed by atoms with E-state index in [0.717, 1.165) is 17.1 Å². The lowest BCUT2D eigenvalue weighted by Crippen LogP contribution is -2.15. The highest BCUT2D eigenvalue weighted by Gasteiger charge is 2.36. The molecule has 1 aliphatic carbocycles. The molecule has 0 fully saturated rings. The number of hydrogen-bond acceptors (Lipinski definition) is 1. The zero-order valence-corrected chi connectivity index (χ0v) is 21.5. The van der Waals surface area contributed by atoms with Gasteiger partial charge < -0.3 is 4.74 Å². The lowest BCUT2D eigenvalue weighted by atomic mass is 9.80. The van der Waals surface area contributed by atoms with E-state index in [1.165, 1.54) is 60.8 Å². The van der Waals surface area contributed by atoms with Gasteiger partial charge in [-0.1, -0.05) is 105 Å². The van der Waals surface area contributed by atoms with E-state index in [0.29, 0.717) is 0 Å². The molecule has 38 heavy (non-hydrogen) atoms. The van der Waals surface area contributed by atoms with E-state index in [2.05, 4.69) is 135 Å². The van der Waals surface area contributed by atoms with E-state index in [9.17, 15) is 0 Å². The molecule has 0 amide bonds. The average Bonchev–Trinajstić information content (AvgIpc) is 3.19. The normalized spacial score (nSPS) is 13.9. The van der Waals surface area contributed by atoms with Crippen LogP contribution in [-0.4, -0.2) is 0 Å². The topological polar surface area (TPSA) is 9.23 Å². The molecule has 0 unspecified atom stereocenters. The average molecular weight is 487 g/mol. The Morgan fingerprint density at radius 1 is 0.447 bits per heavy atom. The van der Waals surface area contributed by atoms with Crippen molar-refractivity contribution in [1.29, 1.82) is 0 Å². The quantitative estimate of drug-likeness (QED) is 0.236. The fraction of sp³-hybridized carbons (Fsp3) is 0.0811. The third-order valence-corrected chi connectivity index (χ3v) is 8.47. The second-order valence-corrected chi connectivity index (χ2v) is 11.0. The fourth-order valence-corrected chi connectivity index (χ4v) is 6.47. The molecule has 0 saturated carbocycles. The van der Waals surface area contributed by atoms with Crippen LogP contribution in [0.25, 0.3) is 55.3 Å². The van der Waals surface area contributed by atoms with E-state index in [1.54, 1.807) is 0 Å². The Kier molecular flexibility index (Phi) is 4.35. The smallest absolute Gasteiger partial charge is 0.135 e. The first-order valence-electron chi connectivity index (χ1n) is 13.3. The van der Waals surface area contributed by atoms with E-state index in [1.807, 2.05) is 0 Å². The predicted molar refractivity (Wildman–Crippen MR) is 158 cm³/mol. The van der Waals surface area contributed by atoms with Crippen molar-refractivity contribution in [2.45, 2.75) is 19.3 Å². The van der Waals surface area contributed by atoms with Gasteiger partial charge in [-0.2, -0.15) is 0 Å². The lowest BCUT2D eigenvalue weighted by Gasteiger charge is -2.23. The number of ether oxygens (including phenoxy) is 1. The van der Waals surface area contributed by atoms with Crippen molar-refractivity contribution in [1.82, 2.24) is 0 Å². The van der Waals surface area contributed by atoms with Crippen LogP contribution >= 0.6 is 0 Å². The van der Waals surface area contributed by atoms with Crippen molar-refractivity contribution >= 4 is 10.8 Å². The Bertz CT molecular complexity index is 1900. The zero-order chi connectivity index (χ0) is 25.4. The van der Waals surface area contributed by atoms with E-state index in [-0.39, 0.29) is 5.41 Å². The third kappa shape index (κ3) is 2.99. The minimum absolute atomic E-state index is 0.0761. The molecule has 180 valence electrons. The van der Waals surface area contributed by atoms with Crippen molar-refractivity contribution in [2.75, 3.05) is 0 Å². The lowest BCUT2D eigenvalue weighted by molar-refractivity contribution is 0.487. The molecule has 0 aromatic heterocycles. The van der Waals surface area contributed by atoms with Crippen molar-refractivity contribution in [3.8, 4) is 56.0 Å². The third-order valence-electron chi connectivity index (χ3n) is 8.47. The van der Waals surface area contributed by atoms with Gasteiger partial charge in [-0.25, -0.2) is 0 Å². The van der Waals surface area contributed by atoms with Gasteiger partial charge in [0.2, 0.25) is 0 Å². The molecule has 1 heterocycles. The maximum absolute atomic E-state index is 6.34. The summed E-state index contributed by atoms with van der Waals surface area (Å²) in [6.07, 6.45) is 0. The van der Waals surface area contributed by atoms with Crippen LogP contribution in [0.4, 0.5) is 0 Å². The largest absolute Gasteiger partial charge is 0.456 e. The summed E-state index contributed by atoms with van der Waals surface area (Å²) in [6.45, 7) is 4.71. The Hall–Kier alpha value is -4.62. The van der Waals surface area contributed by atoms with Gasteiger partial charge in [-0.3, -0.25) is 0 Å². The minimum Gasteiger partial charge on any atom is -0.456 e. The summed E-state index contributed by atoms with van der Waals surface area (Å²) >= 11 is 0. The molecule has 0 spiro atoms. The molecule has 0 atom stereocenters. The molecule has 0 bridgehead atoms. The first-order valence-corrected chi connectivity index (χ1v) is 13.3. The van der Waals surface area contributed by atoms with Gasteiger partial charge in [0, 0.05) is 16.4 Å². The SMILES string of the molecule is CC1(C)c2cc(-c3ccccc3)ccc2-c2ccc(-c3ccc4c(c3)-c3cccc5cccc(c35)O4)cc21. The molecule has 2 aliphatic rings. The monoisotopic (exact) mass is 486 g/mol. The molecule has 6 aromatic rings. The maximum atomic E-state index is 6.34. The summed E-state index contributed by atoms with van der Waals surface area (Å²) in [7, 11) is 0. The summed E-state index contributed by atoms with van der Waals surface area (Å²) in [4.78, 5) is 0. The highest BCUT2D eigenvalue weighted by Crippen LogP contribution is 2.52. The van der Waals surface area contributed by atoms with Crippen LogP contribution in [0.2, 0.25) is 0 Å². The van der Waals surface area contributed by atoms with Crippen LogP contribution in [0.1, 0.15) is 25.0 Å². The predicted octanol–water partition coefficient (Wildman–Crippen LogP) is 10.3. The summed E-state index contributed by atoms with van der Waals surface area (Å²) < 4.78 is 6.34. The molecule has 6 aromatic carbocycles. The number of benzene rings is 6. The first kappa shape index (κ1) is 21.5. The van der Waals surface area contributed by atoms with E-state index in [4.69, 9.17) is 4.74 Å². The van der Waals surface area contributed by atoms with Gasteiger partial charge in [0.15, 0.2) is 0 Å². The Balaban J connectivity index is 1.24. The zero-order valence-electron chi connectivity index (χ0n) is 21.5. The molecule has 1 heteroatoms. The van der Waals surface area contributed by atoms with Crippen LogP contribution < -0.4 is 4.74 Å². The molecule has 1 nitrogen and oxygen atoms in total. The maximum Gasteiger partial charge on any atom is 0.135 e. The van der Waals surface area contributed by atoms with Crippen LogP contribution in [-0.2, 0) is 5.41 Å². The molecule has 0 saturated heterocycles. The van der Waals surface area contributed by atoms with Gasteiger partial charge in [-0.15, -0.1) is 0 Å². The molecular formula is C37H26O. The first-order chi connectivity index (χ1) is 18.6. The molecule has 0 N–H and O–H groups in total. The van der Waals surface area contributed by atoms with E-state index < -0.39 is 0 Å². The number of fused-ring (bicyclic) bond motifs is 5. The number of rotatable bonds is 2. The van der Waals surface area contributed by atoms with Crippen molar-refractivity contribution in [3.63, 3.8) is 0 Å². The van der Waals surface area contributed by atoms with Crippen LogP contribution in [0.15, 0.2) is 121 Å². The van der Waals surface area contributed by atoms with Gasteiger partial charge >= 0.3 is 0 Å². The number of hydrogen-bond donors (Lipinski definition) is 0. The van der Waals surface area contributed by atoms with Gasteiger partial charge in [0.1, 0.15) is 11.5 Å². The summed E-state index contributed by atoms with van der Waals surface area (Å²) in [5, 5.41) is 2.40. The van der Waals surface area contributed by atoms with Crippen molar-refractivity contribution in [2.24, 2.45) is 0 Å². The molecule has 8 rings (SSSR count). The summed E-state index contributed by atoms with van der Waals surface area (Å²) in [6, 6.07) is 44.0. The van der Waals surface area contributed by atoms with Crippen molar-refractivity contribution < 1.29 is 4.74 Å². The van der Waals surface area contributed by atoms with Crippen molar-refractivity contribution in [3.05, 3.63) is 132 Å². The Morgan fingerprint density at radius 2 is 1.08 bits per heavy atom. The Labute approximate surface area is 223 Å². The molecular weight excluding hydrogens is 460 g/mol. The standard InChI is InChI=1S/C37H26O/c1-37(2)32-21-26(23-8-4-3-5-9-23)14-17-28(32)29-18-15-27(22-33(29)37)25-16-19-34-31(20-25)30-12-6-10-24-11-7-13-35(38-34)36(24)30/h3-22H,1-2H3. The van der Waals surface area contributed by atoms with Crippen LogP contribution in [0.3, 0.4) is 0 Å². The van der Waals surface area contributed by atoms with Crippen LogP contribution in [0.5, 0.6) is 11.5 Å². The second kappa shape index (κ2) is 7.69. The Morgan fingerprint density at radius 3 is 1.82 bits per heavy atom. The minimum atomic E-state index is -0.0761. The van der Waals surface area contributed by atoms with Gasteiger partial charge in [-0.05, 0) is 85.8 Å². The molecule has 1 aliphatic heterocycles. The van der Waals surface area contributed by atoms with E-state index >= 15 is 0 Å². The summed E-state index contributed by atoms with van der Waals surface area (Å²) in [5.41, 5.74) is 12.8. The molecule has 0 radical (unpaired) electrons. The highest BCUT2D eigenvalue weighted by molar-refractivity contribution is 6.04. The van der Waals surface area contributed by atoms with Crippen LogP contribution in [0, 0.1) is 0 Å². The summed E-state index contributed by atoms with van der Waals surface area (Å²) in [5.74, 6) is 1.85. The fourth-order valence-electron chi connectivity index (χ4n) is 6.47. The second-order valence-electron chi connectivity index (χ2n) is 11.0.